The molecule has 140 valence electrons. The lowest BCUT2D eigenvalue weighted by Crippen LogP contribution is -2.42. The summed E-state index contributed by atoms with van der Waals surface area (Å²) in [6.45, 7) is 4.94. The standard InChI is InChI=1S/C20H20FN3O3/c1-12-8-13(2)10-16(9-12)22-17(25)11-24-18(26)20(3,23-19(24)27)14-4-6-15(21)7-5-14/h4-10H,11H2,1-3H3,(H,22,25)(H,23,27). The molecule has 27 heavy (non-hydrogen) atoms. The largest absolute Gasteiger partial charge is 0.325 e. The van der Waals surface area contributed by atoms with Crippen LogP contribution in [0.15, 0.2) is 42.5 Å². The first-order valence-electron chi connectivity index (χ1n) is 8.47. The van der Waals surface area contributed by atoms with Crippen LogP contribution < -0.4 is 10.6 Å². The van der Waals surface area contributed by atoms with E-state index >= 15 is 0 Å². The number of benzene rings is 2. The average Bonchev–Trinajstić information content (AvgIpc) is 2.78. The minimum atomic E-state index is -1.34. The monoisotopic (exact) mass is 369 g/mol. The van der Waals surface area contributed by atoms with Crippen LogP contribution in [-0.4, -0.2) is 29.3 Å². The van der Waals surface area contributed by atoms with Crippen molar-refractivity contribution in [1.29, 1.82) is 0 Å². The lowest BCUT2D eigenvalue weighted by Gasteiger charge is -2.22. The van der Waals surface area contributed by atoms with Crippen molar-refractivity contribution in [1.82, 2.24) is 10.2 Å². The Bertz CT molecular complexity index is 906. The van der Waals surface area contributed by atoms with Crippen LogP contribution in [0.2, 0.25) is 0 Å². The van der Waals surface area contributed by atoms with Crippen LogP contribution in [-0.2, 0) is 15.1 Å². The highest BCUT2D eigenvalue weighted by molar-refractivity contribution is 6.10. The molecule has 0 bridgehead atoms. The Morgan fingerprint density at radius 2 is 1.70 bits per heavy atom. The predicted molar refractivity (Wildman–Crippen MR) is 98.5 cm³/mol. The molecule has 1 aliphatic heterocycles. The van der Waals surface area contributed by atoms with Gasteiger partial charge >= 0.3 is 6.03 Å². The predicted octanol–water partition coefficient (Wildman–Crippen LogP) is 2.85. The first-order chi connectivity index (χ1) is 12.7. The van der Waals surface area contributed by atoms with Gasteiger partial charge in [-0.25, -0.2) is 9.18 Å². The normalized spacial score (nSPS) is 19.2. The number of carbonyl (C=O) groups is 3. The number of amides is 4. The minimum absolute atomic E-state index is 0.408. The topological polar surface area (TPSA) is 78.5 Å². The van der Waals surface area contributed by atoms with Gasteiger partial charge in [-0.2, -0.15) is 0 Å². The molecule has 1 heterocycles. The van der Waals surface area contributed by atoms with Crippen LogP contribution in [0.4, 0.5) is 14.9 Å². The molecule has 2 N–H and O–H groups in total. The smallest absolute Gasteiger partial charge is 0.325 e. The van der Waals surface area contributed by atoms with Crippen molar-refractivity contribution in [3.63, 3.8) is 0 Å². The Balaban J connectivity index is 1.75. The van der Waals surface area contributed by atoms with E-state index in [9.17, 15) is 18.8 Å². The summed E-state index contributed by atoms with van der Waals surface area (Å²) in [4.78, 5) is 38.3. The summed E-state index contributed by atoms with van der Waals surface area (Å²) in [5.41, 5.74) is 1.68. The fourth-order valence-corrected chi connectivity index (χ4v) is 3.21. The van der Waals surface area contributed by atoms with E-state index in [1.54, 1.807) is 12.1 Å². The molecule has 1 saturated heterocycles. The summed E-state index contributed by atoms with van der Waals surface area (Å²) < 4.78 is 13.1. The van der Waals surface area contributed by atoms with Gasteiger partial charge in [0.05, 0.1) is 0 Å². The molecule has 0 radical (unpaired) electrons. The number of nitrogens with one attached hydrogen (secondary N) is 2. The summed E-state index contributed by atoms with van der Waals surface area (Å²) in [7, 11) is 0. The quantitative estimate of drug-likeness (QED) is 0.814. The van der Waals surface area contributed by atoms with E-state index in [-0.39, 0.29) is 0 Å². The maximum atomic E-state index is 13.1. The highest BCUT2D eigenvalue weighted by atomic mass is 19.1. The molecule has 1 unspecified atom stereocenters. The number of hydrogen-bond acceptors (Lipinski definition) is 3. The average molecular weight is 369 g/mol. The molecule has 1 atom stereocenters. The molecule has 4 amide bonds. The van der Waals surface area contributed by atoms with Crippen LogP contribution in [0.1, 0.15) is 23.6 Å². The van der Waals surface area contributed by atoms with Crippen molar-refractivity contribution in [3.8, 4) is 0 Å². The molecule has 6 nitrogen and oxygen atoms in total. The van der Waals surface area contributed by atoms with Crippen molar-refractivity contribution in [2.75, 3.05) is 11.9 Å². The fraction of sp³-hybridized carbons (Fsp3) is 0.250. The van der Waals surface area contributed by atoms with Gasteiger partial charge in [0.2, 0.25) is 5.91 Å². The van der Waals surface area contributed by atoms with Gasteiger partial charge in [0.25, 0.3) is 5.91 Å². The zero-order valence-electron chi connectivity index (χ0n) is 15.3. The van der Waals surface area contributed by atoms with Gasteiger partial charge in [0.15, 0.2) is 0 Å². The Kier molecular flexibility index (Phi) is 4.70. The molecule has 0 aliphatic carbocycles. The van der Waals surface area contributed by atoms with Gasteiger partial charge in [-0.15, -0.1) is 0 Å². The van der Waals surface area contributed by atoms with E-state index in [4.69, 9.17) is 0 Å². The number of halogens is 1. The molecule has 3 rings (SSSR count). The second-order valence-electron chi connectivity index (χ2n) is 6.88. The van der Waals surface area contributed by atoms with Crippen molar-refractivity contribution in [2.45, 2.75) is 26.3 Å². The molecule has 7 heteroatoms. The summed E-state index contributed by atoms with van der Waals surface area (Å²) in [6, 6.07) is 10.2. The van der Waals surface area contributed by atoms with Gasteiger partial charge in [0.1, 0.15) is 17.9 Å². The van der Waals surface area contributed by atoms with E-state index in [2.05, 4.69) is 10.6 Å². The Labute approximate surface area is 156 Å². The number of carbonyl (C=O) groups excluding carboxylic acids is 3. The third-order valence-corrected chi connectivity index (χ3v) is 4.50. The van der Waals surface area contributed by atoms with E-state index in [1.165, 1.54) is 31.2 Å². The summed E-state index contributed by atoms with van der Waals surface area (Å²) in [5.74, 6) is -1.48. The second-order valence-corrected chi connectivity index (χ2v) is 6.88. The number of aryl methyl sites for hydroxylation is 2. The van der Waals surface area contributed by atoms with E-state index in [0.717, 1.165) is 16.0 Å². The van der Waals surface area contributed by atoms with Gasteiger partial charge in [0, 0.05) is 5.69 Å². The Morgan fingerprint density at radius 1 is 1.11 bits per heavy atom. The van der Waals surface area contributed by atoms with Crippen LogP contribution >= 0.6 is 0 Å². The molecular weight excluding hydrogens is 349 g/mol. The summed E-state index contributed by atoms with van der Waals surface area (Å²) >= 11 is 0. The van der Waals surface area contributed by atoms with Crippen molar-refractivity contribution < 1.29 is 18.8 Å². The van der Waals surface area contributed by atoms with E-state index in [0.29, 0.717) is 11.3 Å². The van der Waals surface area contributed by atoms with Crippen molar-refractivity contribution in [3.05, 3.63) is 65.0 Å². The molecule has 0 aromatic heterocycles. The highest BCUT2D eigenvalue weighted by Gasteiger charge is 2.49. The van der Waals surface area contributed by atoms with Crippen molar-refractivity contribution in [2.24, 2.45) is 0 Å². The molecule has 1 fully saturated rings. The third-order valence-electron chi connectivity index (χ3n) is 4.50. The maximum absolute atomic E-state index is 13.1. The first kappa shape index (κ1) is 18.6. The van der Waals surface area contributed by atoms with Crippen LogP contribution in [0.5, 0.6) is 0 Å². The van der Waals surface area contributed by atoms with Gasteiger partial charge < -0.3 is 10.6 Å². The summed E-state index contributed by atoms with van der Waals surface area (Å²) in [5, 5.41) is 5.29. The number of rotatable bonds is 4. The first-order valence-corrected chi connectivity index (χ1v) is 8.47. The lowest BCUT2D eigenvalue weighted by atomic mass is 9.92. The maximum Gasteiger partial charge on any atom is 0.325 e. The SMILES string of the molecule is Cc1cc(C)cc(NC(=O)CN2C(=O)NC(C)(c3ccc(F)cc3)C2=O)c1. The number of urea groups is 1. The number of imide groups is 1. The Hall–Kier alpha value is -3.22. The second kappa shape index (κ2) is 6.83. The van der Waals surface area contributed by atoms with Crippen molar-refractivity contribution >= 4 is 23.5 Å². The molecule has 0 spiro atoms. The number of nitrogens with zero attached hydrogens (tertiary/aromatic N) is 1. The zero-order chi connectivity index (χ0) is 19.8. The third kappa shape index (κ3) is 3.67. The minimum Gasteiger partial charge on any atom is -0.325 e. The zero-order valence-corrected chi connectivity index (χ0v) is 15.3. The molecule has 2 aromatic rings. The molecule has 0 saturated carbocycles. The number of hydrogen-bond donors (Lipinski definition) is 2. The molecule has 1 aliphatic rings. The lowest BCUT2D eigenvalue weighted by molar-refractivity contribution is -0.133. The molecular formula is C20H20FN3O3. The summed E-state index contributed by atoms with van der Waals surface area (Å²) in [6.07, 6.45) is 0. The molecule has 2 aromatic carbocycles. The van der Waals surface area contributed by atoms with Crippen LogP contribution in [0.3, 0.4) is 0 Å². The van der Waals surface area contributed by atoms with E-state index < -0.39 is 35.7 Å². The van der Waals surface area contributed by atoms with Crippen LogP contribution in [0, 0.1) is 19.7 Å². The Morgan fingerprint density at radius 3 is 2.30 bits per heavy atom. The van der Waals surface area contributed by atoms with E-state index in [1.807, 2.05) is 19.9 Å². The van der Waals surface area contributed by atoms with Crippen LogP contribution in [0.25, 0.3) is 0 Å². The van der Waals surface area contributed by atoms with Gasteiger partial charge in [-0.1, -0.05) is 18.2 Å². The highest BCUT2D eigenvalue weighted by Crippen LogP contribution is 2.28. The fourth-order valence-electron chi connectivity index (χ4n) is 3.21. The van der Waals surface area contributed by atoms with Gasteiger partial charge in [-0.3, -0.25) is 14.5 Å². The van der Waals surface area contributed by atoms with Gasteiger partial charge in [-0.05, 0) is 61.7 Å². The number of anilines is 1.